The van der Waals surface area contributed by atoms with Crippen molar-refractivity contribution in [3.63, 3.8) is 0 Å². The summed E-state index contributed by atoms with van der Waals surface area (Å²) in [4.78, 5) is 50.0. The number of urea groups is 1. The predicted octanol–water partition coefficient (Wildman–Crippen LogP) is 3.69. The van der Waals surface area contributed by atoms with E-state index >= 15 is 0 Å². The summed E-state index contributed by atoms with van der Waals surface area (Å²) in [6, 6.07) is 10.7. The number of amides is 4. The van der Waals surface area contributed by atoms with Crippen molar-refractivity contribution < 1.29 is 28.4 Å². The van der Waals surface area contributed by atoms with Crippen LogP contribution in [-0.2, 0) is 32.7 Å². The summed E-state index contributed by atoms with van der Waals surface area (Å²) in [5.74, 6) is 6.44. The maximum absolute atomic E-state index is 13.2. The first-order chi connectivity index (χ1) is 22.1. The smallest absolute Gasteiger partial charge is 0.410 e. The molecule has 0 unspecified atom stereocenters. The zero-order valence-electron chi connectivity index (χ0n) is 24.3. The van der Waals surface area contributed by atoms with Gasteiger partial charge >= 0.3 is 12.1 Å². The van der Waals surface area contributed by atoms with E-state index in [0.717, 1.165) is 23.9 Å². The van der Waals surface area contributed by atoms with E-state index in [2.05, 4.69) is 79.6 Å². The first-order valence-electron chi connectivity index (χ1n) is 14.2. The van der Waals surface area contributed by atoms with Gasteiger partial charge in [-0.25, -0.2) is 18.5 Å². The molecule has 13 nitrogen and oxygen atoms in total. The lowest BCUT2D eigenvalue weighted by atomic mass is 10.0. The summed E-state index contributed by atoms with van der Waals surface area (Å²) in [5, 5.41) is 13.1. The minimum atomic E-state index is -2.63. The molecule has 0 aromatic heterocycles. The number of aromatic hydroxyl groups is 1. The summed E-state index contributed by atoms with van der Waals surface area (Å²) >= 11 is 6.55. The van der Waals surface area contributed by atoms with Crippen LogP contribution in [0.2, 0.25) is 0 Å². The highest BCUT2D eigenvalue weighted by Crippen LogP contribution is 2.34. The average Bonchev–Trinajstić information content (AvgIpc) is 3.81. The second-order valence-corrected chi connectivity index (χ2v) is 14.5. The second kappa shape index (κ2) is 15.0. The molecule has 3 N–H and O–H groups in total. The van der Waals surface area contributed by atoms with Gasteiger partial charge in [-0.15, -0.1) is 4.40 Å². The Morgan fingerprint density at radius 2 is 1.85 bits per heavy atom. The Kier molecular flexibility index (Phi) is 10.9. The number of fused-ring (bicyclic) bond motifs is 1. The Bertz CT molecular complexity index is 1770. The van der Waals surface area contributed by atoms with Crippen molar-refractivity contribution in [1.29, 1.82) is 0 Å². The number of hydrogen-bond donors (Lipinski definition) is 4. The van der Waals surface area contributed by atoms with E-state index in [4.69, 9.17) is 4.74 Å². The Morgan fingerprint density at radius 3 is 2.57 bits per heavy atom. The van der Waals surface area contributed by atoms with Crippen molar-refractivity contribution in [2.45, 2.75) is 37.8 Å². The molecule has 3 aliphatic heterocycles. The SMILES string of the molecule is O=C(N=C=C=NC=C=C=N[SH]1(=O)CN1)[C@@H](Cc1cc(Br)c(O)c(Br)c1)OC(=O)N1CCC(N2CCc3ccccc3NC2=O)CC1. The number of halogens is 2. The number of carbonyl (C=O) groups excluding carboxylic acids is 3. The van der Waals surface area contributed by atoms with Gasteiger partial charge in [-0.3, -0.25) is 4.79 Å². The Hall–Kier alpha value is -4.09. The van der Waals surface area contributed by atoms with E-state index in [1.165, 1.54) is 4.90 Å². The van der Waals surface area contributed by atoms with E-state index in [1.54, 1.807) is 12.1 Å². The Morgan fingerprint density at radius 1 is 1.13 bits per heavy atom. The number of hydrogen-bond acceptors (Lipinski definition) is 7. The normalized spacial score (nSPS) is 18.0. The quantitative estimate of drug-likeness (QED) is 0.145. The first kappa shape index (κ1) is 33.3. The Labute approximate surface area is 282 Å². The average molecular weight is 775 g/mol. The van der Waals surface area contributed by atoms with Gasteiger partial charge in [0.1, 0.15) is 5.75 Å². The van der Waals surface area contributed by atoms with E-state index in [-0.39, 0.29) is 24.2 Å². The minimum Gasteiger partial charge on any atom is -0.506 e. The van der Waals surface area contributed by atoms with Crippen LogP contribution in [0.4, 0.5) is 15.3 Å². The molecule has 46 heavy (non-hydrogen) atoms. The fourth-order valence-electron chi connectivity index (χ4n) is 4.94. The number of carbonyl (C=O) groups is 3. The van der Waals surface area contributed by atoms with Gasteiger partial charge in [0.15, 0.2) is 6.10 Å². The van der Waals surface area contributed by atoms with Crippen LogP contribution in [0.5, 0.6) is 5.75 Å². The first-order valence-corrected chi connectivity index (χ1v) is 17.7. The van der Waals surface area contributed by atoms with Gasteiger partial charge in [-0.1, -0.05) is 18.2 Å². The van der Waals surface area contributed by atoms with Gasteiger partial charge in [0, 0.05) is 48.1 Å². The van der Waals surface area contributed by atoms with Crippen molar-refractivity contribution in [1.82, 2.24) is 14.5 Å². The number of nitrogens with zero attached hydrogens (tertiary/aromatic N) is 5. The van der Waals surface area contributed by atoms with Gasteiger partial charge < -0.3 is 25.0 Å². The van der Waals surface area contributed by atoms with E-state index in [0.29, 0.717) is 52.9 Å². The topological polar surface area (TPSA) is 175 Å². The molecular formula is C30H29Br2N7O6S. The van der Waals surface area contributed by atoms with Gasteiger partial charge in [0.2, 0.25) is 0 Å². The van der Waals surface area contributed by atoms with Gasteiger partial charge in [-0.05, 0) is 86.2 Å². The molecule has 2 fully saturated rings. The molecule has 4 amide bonds. The van der Waals surface area contributed by atoms with Crippen LogP contribution in [0.25, 0.3) is 0 Å². The monoisotopic (exact) mass is 773 g/mol. The Balaban J connectivity index is 1.24. The third-order valence-electron chi connectivity index (χ3n) is 7.44. The third-order valence-corrected chi connectivity index (χ3v) is 9.93. The molecule has 2 aromatic rings. The standard InChI is InChI=1S/C30H29Br2N7O6S/c31-23-16-20(17-24(32)27(23)40)18-26(28(41)34-12-11-33-9-3-10-35-46(44)19-36-46)45-30(43)38-13-7-22(8-14-38)39-15-6-21-4-1-2-5-25(21)37-29(39)42/h1-2,4-5,9,16-17,22,26,40,46H,6-8,13-15,18-19H2,(H,36,44)(H,37,42)/t26-/m1/s1. The van der Waals surface area contributed by atoms with Crippen LogP contribution in [0.15, 0.2) is 71.7 Å². The van der Waals surface area contributed by atoms with Crippen molar-refractivity contribution in [3.8, 4) is 5.75 Å². The molecule has 2 saturated heterocycles. The molecule has 2 aromatic carbocycles. The van der Waals surface area contributed by atoms with Crippen LogP contribution < -0.4 is 10.0 Å². The van der Waals surface area contributed by atoms with E-state index < -0.39 is 28.4 Å². The van der Waals surface area contributed by atoms with Crippen LogP contribution in [0.3, 0.4) is 0 Å². The summed E-state index contributed by atoms with van der Waals surface area (Å²) in [6.07, 6.45) is 0.914. The largest absolute Gasteiger partial charge is 0.506 e. The number of phenolic OH excluding ortho intramolecular Hbond substituents is 1. The molecule has 0 radical (unpaired) electrons. The van der Waals surface area contributed by atoms with E-state index in [9.17, 15) is 23.7 Å². The van der Waals surface area contributed by atoms with Crippen molar-refractivity contribution in [2.24, 2.45) is 14.4 Å². The number of para-hydroxylation sites is 1. The lowest BCUT2D eigenvalue weighted by Crippen LogP contribution is -2.50. The predicted molar refractivity (Wildman–Crippen MR) is 181 cm³/mol. The summed E-state index contributed by atoms with van der Waals surface area (Å²) in [7, 11) is -2.63. The number of phenols is 1. The van der Waals surface area contributed by atoms with Crippen LogP contribution in [-0.4, -0.2) is 92.4 Å². The molecule has 5 rings (SSSR count). The fraction of sp³-hybridized carbons (Fsp3) is 0.333. The number of rotatable bonds is 7. The number of ether oxygens (including phenoxy) is 1. The molecule has 3 aliphatic rings. The number of benzene rings is 2. The molecule has 0 bridgehead atoms. The van der Waals surface area contributed by atoms with Gasteiger partial charge in [0.25, 0.3) is 5.91 Å². The number of nitrogens with one attached hydrogen (secondary N) is 2. The highest BCUT2D eigenvalue weighted by atomic mass is 79.9. The molecule has 1 atom stereocenters. The van der Waals surface area contributed by atoms with Crippen molar-refractivity contribution >= 4 is 83.5 Å². The third kappa shape index (κ3) is 8.79. The highest BCUT2D eigenvalue weighted by molar-refractivity contribution is 9.11. The summed E-state index contributed by atoms with van der Waals surface area (Å²) in [5.41, 5.74) is 4.93. The lowest BCUT2D eigenvalue weighted by Gasteiger charge is -2.37. The molecule has 0 aliphatic carbocycles. The molecule has 0 spiro atoms. The fourth-order valence-corrected chi connectivity index (χ4v) is 7.06. The molecule has 0 saturated carbocycles. The number of piperidine rings is 1. The lowest BCUT2D eigenvalue weighted by molar-refractivity contribution is -0.126. The number of aliphatic imine (C=N–C) groups is 2. The number of likely N-dealkylation sites (tertiary alicyclic amines) is 1. The van der Waals surface area contributed by atoms with Crippen molar-refractivity contribution in [2.75, 3.05) is 30.8 Å². The molecular weight excluding hydrogens is 746 g/mol. The zero-order chi connectivity index (χ0) is 32.7. The van der Waals surface area contributed by atoms with Crippen molar-refractivity contribution in [3.05, 3.63) is 68.4 Å². The maximum Gasteiger partial charge on any atom is 0.410 e. The molecule has 240 valence electrons. The maximum atomic E-state index is 13.2. The number of anilines is 1. The van der Waals surface area contributed by atoms with Crippen LogP contribution >= 0.6 is 31.9 Å². The van der Waals surface area contributed by atoms with Gasteiger partial charge in [-0.2, -0.15) is 9.98 Å². The van der Waals surface area contributed by atoms with Crippen LogP contribution in [0, 0.1) is 0 Å². The zero-order valence-corrected chi connectivity index (χ0v) is 28.3. The highest BCUT2D eigenvalue weighted by Gasteiger charge is 2.33. The number of thiol groups is 1. The summed E-state index contributed by atoms with van der Waals surface area (Å²) in [6.45, 7) is 1.24. The summed E-state index contributed by atoms with van der Waals surface area (Å²) < 4.78 is 24.3. The minimum absolute atomic E-state index is 0.0153. The second-order valence-electron chi connectivity index (χ2n) is 10.5. The molecule has 3 heterocycles. The van der Waals surface area contributed by atoms with Crippen LogP contribution in [0.1, 0.15) is 24.0 Å². The molecule has 16 heteroatoms. The van der Waals surface area contributed by atoms with Gasteiger partial charge in [0.05, 0.1) is 38.6 Å². The van der Waals surface area contributed by atoms with E-state index in [1.807, 2.05) is 29.2 Å².